The number of fused-ring (bicyclic) bond motifs is 1. The second-order valence-electron chi connectivity index (χ2n) is 6.19. The van der Waals surface area contributed by atoms with E-state index in [1.807, 2.05) is 45.9 Å². The number of hydrogen-bond donors (Lipinski definition) is 1. The summed E-state index contributed by atoms with van der Waals surface area (Å²) in [6.45, 7) is 8.18. The second-order valence-corrected chi connectivity index (χ2v) is 6.19. The summed E-state index contributed by atoms with van der Waals surface area (Å²) < 4.78 is 12.1. The summed E-state index contributed by atoms with van der Waals surface area (Å²) >= 11 is 0. The predicted octanol–water partition coefficient (Wildman–Crippen LogP) is 1.70. The molecule has 20 heavy (non-hydrogen) atoms. The van der Waals surface area contributed by atoms with Crippen LogP contribution in [0.15, 0.2) is 29.3 Å². The number of benzene rings is 1. The fraction of sp³-hybridized carbons (Fsp3) is 0.400. The highest BCUT2D eigenvalue weighted by atomic mass is 16.7. The first-order valence-corrected chi connectivity index (χ1v) is 6.72. The molecule has 2 heterocycles. The van der Waals surface area contributed by atoms with Crippen LogP contribution in [-0.2, 0) is 9.31 Å². The van der Waals surface area contributed by atoms with Crippen LogP contribution in [-0.4, -0.2) is 24.2 Å². The summed E-state index contributed by atoms with van der Waals surface area (Å²) in [7, 11) is -0.365. The van der Waals surface area contributed by atoms with Crippen molar-refractivity contribution >= 4 is 24.1 Å². The van der Waals surface area contributed by atoms with Gasteiger partial charge in [-0.2, -0.15) is 0 Å². The SMILES string of the molecule is CC1(C)OB(c2ccc3c(c2)[C+]=CC(N)=N3)OC1(C)C. The number of hydrogen-bond acceptors (Lipinski definition) is 4. The zero-order valence-corrected chi connectivity index (χ0v) is 12.2. The van der Waals surface area contributed by atoms with E-state index in [4.69, 9.17) is 15.0 Å². The van der Waals surface area contributed by atoms with Crippen LogP contribution in [0.2, 0.25) is 0 Å². The Labute approximate surface area is 119 Å². The van der Waals surface area contributed by atoms with Gasteiger partial charge >= 0.3 is 7.12 Å². The molecule has 0 unspecified atom stereocenters. The first kappa shape index (κ1) is 13.3. The molecule has 0 aliphatic carbocycles. The Morgan fingerprint density at radius 1 is 1.15 bits per heavy atom. The number of amidine groups is 1. The third kappa shape index (κ3) is 2.04. The van der Waals surface area contributed by atoms with Gasteiger partial charge in [0.05, 0.1) is 11.2 Å². The molecular weight excluding hydrogens is 251 g/mol. The highest BCUT2D eigenvalue weighted by Gasteiger charge is 2.52. The van der Waals surface area contributed by atoms with Crippen molar-refractivity contribution in [3.63, 3.8) is 0 Å². The first-order chi connectivity index (χ1) is 9.28. The molecule has 1 fully saturated rings. The summed E-state index contributed by atoms with van der Waals surface area (Å²) in [6, 6.07) is 5.87. The minimum atomic E-state index is -0.365. The molecular formula is C15H18BN2O2+. The van der Waals surface area contributed by atoms with Crippen molar-refractivity contribution in [2.45, 2.75) is 38.9 Å². The van der Waals surface area contributed by atoms with Crippen LogP contribution in [0, 0.1) is 6.08 Å². The molecule has 0 radical (unpaired) electrons. The summed E-state index contributed by atoms with van der Waals surface area (Å²) in [4.78, 5) is 4.27. The van der Waals surface area contributed by atoms with Crippen molar-refractivity contribution in [3.8, 4) is 0 Å². The predicted molar refractivity (Wildman–Crippen MR) is 80.4 cm³/mol. The average Bonchev–Trinajstić information content (AvgIpc) is 2.58. The number of rotatable bonds is 1. The molecule has 1 aromatic rings. The lowest BCUT2D eigenvalue weighted by molar-refractivity contribution is 0.00578. The van der Waals surface area contributed by atoms with Gasteiger partial charge in [-0.25, -0.2) is 0 Å². The molecule has 0 atom stereocenters. The third-order valence-corrected chi connectivity index (χ3v) is 4.17. The Balaban J connectivity index is 1.93. The van der Waals surface area contributed by atoms with Gasteiger partial charge in [0.25, 0.3) is 0 Å². The largest absolute Gasteiger partial charge is 0.505 e. The summed E-state index contributed by atoms with van der Waals surface area (Å²) in [5, 5.41) is 0. The van der Waals surface area contributed by atoms with Crippen LogP contribution in [0.1, 0.15) is 33.3 Å². The van der Waals surface area contributed by atoms with Crippen molar-refractivity contribution in [3.05, 3.63) is 35.9 Å². The third-order valence-electron chi connectivity index (χ3n) is 4.17. The summed E-state index contributed by atoms with van der Waals surface area (Å²) in [5.74, 6) is 0.473. The van der Waals surface area contributed by atoms with Gasteiger partial charge < -0.3 is 15.0 Å². The molecule has 2 N–H and O–H groups in total. The van der Waals surface area contributed by atoms with E-state index in [1.165, 1.54) is 0 Å². The van der Waals surface area contributed by atoms with Gasteiger partial charge in [-0.3, -0.25) is 0 Å². The maximum absolute atomic E-state index is 6.04. The Hall–Kier alpha value is -1.68. The van der Waals surface area contributed by atoms with Gasteiger partial charge in [-0.15, -0.1) is 4.99 Å². The zero-order chi connectivity index (χ0) is 14.5. The number of aliphatic imine (C=N–C) groups is 1. The van der Waals surface area contributed by atoms with Crippen LogP contribution >= 0.6 is 0 Å². The molecule has 2 aliphatic rings. The van der Waals surface area contributed by atoms with Crippen LogP contribution in [0.25, 0.3) is 0 Å². The Morgan fingerprint density at radius 3 is 2.45 bits per heavy atom. The highest BCUT2D eigenvalue weighted by molar-refractivity contribution is 6.62. The van der Waals surface area contributed by atoms with Gasteiger partial charge in [0, 0.05) is 23.7 Å². The number of nitrogens with two attached hydrogens (primary N) is 1. The molecule has 0 amide bonds. The molecule has 0 bridgehead atoms. The quantitative estimate of drug-likeness (QED) is 0.623. The maximum atomic E-state index is 6.04. The summed E-state index contributed by atoms with van der Waals surface area (Å²) in [5.41, 5.74) is 7.69. The lowest BCUT2D eigenvalue weighted by Crippen LogP contribution is -2.41. The van der Waals surface area contributed by atoms with Crippen molar-refractivity contribution in [2.75, 3.05) is 0 Å². The van der Waals surface area contributed by atoms with Gasteiger partial charge in [0.1, 0.15) is 6.08 Å². The minimum absolute atomic E-state index is 0.338. The van der Waals surface area contributed by atoms with Crippen LogP contribution in [0.5, 0.6) is 0 Å². The van der Waals surface area contributed by atoms with E-state index in [9.17, 15) is 0 Å². The van der Waals surface area contributed by atoms with Crippen LogP contribution in [0.3, 0.4) is 0 Å². The van der Waals surface area contributed by atoms with Gasteiger partial charge in [-0.05, 0) is 33.8 Å². The van der Waals surface area contributed by atoms with E-state index < -0.39 is 0 Å². The van der Waals surface area contributed by atoms with E-state index in [0.717, 1.165) is 16.7 Å². The highest BCUT2D eigenvalue weighted by Crippen LogP contribution is 2.36. The maximum Gasteiger partial charge on any atom is 0.505 e. The zero-order valence-electron chi connectivity index (χ0n) is 12.2. The van der Waals surface area contributed by atoms with E-state index in [-0.39, 0.29) is 18.3 Å². The monoisotopic (exact) mass is 269 g/mol. The van der Waals surface area contributed by atoms with Crippen molar-refractivity contribution in [2.24, 2.45) is 10.7 Å². The van der Waals surface area contributed by atoms with Gasteiger partial charge in [-0.1, -0.05) is 0 Å². The van der Waals surface area contributed by atoms with E-state index in [0.29, 0.717) is 5.84 Å². The number of nitrogens with zero attached hydrogens (tertiary/aromatic N) is 1. The topological polar surface area (TPSA) is 56.8 Å². The lowest BCUT2D eigenvalue weighted by Gasteiger charge is -2.32. The van der Waals surface area contributed by atoms with Crippen molar-refractivity contribution < 1.29 is 9.31 Å². The Kier molecular flexibility index (Phi) is 2.77. The molecule has 3 rings (SSSR count). The van der Waals surface area contributed by atoms with Crippen molar-refractivity contribution in [1.82, 2.24) is 0 Å². The fourth-order valence-corrected chi connectivity index (χ4v) is 2.22. The fourth-order valence-electron chi connectivity index (χ4n) is 2.22. The molecule has 1 saturated heterocycles. The standard InChI is InChI=1S/C15H18BN2O2/c1-14(2)15(3,4)20-16(19-14)11-6-7-12-10(9-11)5-8-13(17)18-12/h6-9H,1-4H3,(H2,17,18)/q+1. The van der Waals surface area contributed by atoms with E-state index >= 15 is 0 Å². The summed E-state index contributed by atoms with van der Waals surface area (Å²) in [6.07, 6.45) is 4.80. The molecule has 102 valence electrons. The Morgan fingerprint density at radius 2 is 1.80 bits per heavy atom. The molecule has 1 aromatic carbocycles. The molecule has 2 aliphatic heterocycles. The van der Waals surface area contributed by atoms with E-state index in [1.54, 1.807) is 6.08 Å². The van der Waals surface area contributed by atoms with Crippen LogP contribution in [0.4, 0.5) is 5.69 Å². The average molecular weight is 269 g/mol. The normalized spacial score (nSPS) is 22.2. The molecule has 0 aromatic heterocycles. The molecule has 5 heteroatoms. The van der Waals surface area contributed by atoms with Crippen LogP contribution < -0.4 is 11.2 Å². The van der Waals surface area contributed by atoms with E-state index in [2.05, 4.69) is 11.1 Å². The minimum Gasteiger partial charge on any atom is -0.399 e. The van der Waals surface area contributed by atoms with Crippen molar-refractivity contribution in [1.29, 1.82) is 0 Å². The lowest BCUT2D eigenvalue weighted by atomic mass is 9.78. The Bertz CT molecular complexity index is 604. The second kappa shape index (κ2) is 4.16. The molecule has 0 spiro atoms. The smallest absolute Gasteiger partial charge is 0.399 e. The first-order valence-electron chi connectivity index (χ1n) is 6.72. The molecule has 4 nitrogen and oxygen atoms in total. The molecule has 0 saturated carbocycles. The van der Waals surface area contributed by atoms with Gasteiger partial charge in [0.2, 0.25) is 5.84 Å². The van der Waals surface area contributed by atoms with Gasteiger partial charge in [0.15, 0.2) is 11.3 Å².